The topological polar surface area (TPSA) is 28.2 Å². The Bertz CT molecular complexity index is 339. The number of rotatable bonds is 4. The van der Waals surface area contributed by atoms with Crippen molar-refractivity contribution in [2.45, 2.75) is 50.7 Å². The molecular weight excluding hydrogens is 222 g/mol. The molecule has 0 saturated heterocycles. The third-order valence-corrected chi connectivity index (χ3v) is 4.05. The van der Waals surface area contributed by atoms with Gasteiger partial charge in [-0.3, -0.25) is 9.88 Å². The number of hydrogen-bond donors (Lipinski definition) is 1. The van der Waals surface area contributed by atoms with E-state index >= 15 is 0 Å². The van der Waals surface area contributed by atoms with E-state index in [1.165, 1.54) is 37.8 Å². The number of aromatic nitrogens is 1. The van der Waals surface area contributed by atoms with Crippen molar-refractivity contribution in [3.63, 3.8) is 0 Å². The third-order valence-electron chi connectivity index (χ3n) is 4.05. The van der Waals surface area contributed by atoms with Crippen molar-refractivity contribution in [2.24, 2.45) is 0 Å². The predicted molar refractivity (Wildman–Crippen MR) is 75.4 cm³/mol. The van der Waals surface area contributed by atoms with E-state index in [0.29, 0.717) is 12.1 Å². The lowest BCUT2D eigenvalue weighted by Crippen LogP contribution is -2.46. The van der Waals surface area contributed by atoms with Crippen LogP contribution in [0.5, 0.6) is 0 Å². The van der Waals surface area contributed by atoms with Crippen molar-refractivity contribution in [2.75, 3.05) is 14.1 Å². The summed E-state index contributed by atoms with van der Waals surface area (Å²) in [6.45, 7) is 0.948. The Hall–Kier alpha value is -0.930. The van der Waals surface area contributed by atoms with Crippen molar-refractivity contribution >= 4 is 0 Å². The first-order valence-corrected chi connectivity index (χ1v) is 7.08. The van der Waals surface area contributed by atoms with E-state index in [2.05, 4.69) is 41.4 Å². The van der Waals surface area contributed by atoms with Gasteiger partial charge in [-0.05, 0) is 39.1 Å². The molecule has 3 heteroatoms. The molecule has 0 bridgehead atoms. The van der Waals surface area contributed by atoms with Gasteiger partial charge < -0.3 is 5.32 Å². The monoisotopic (exact) mass is 247 g/mol. The molecule has 0 radical (unpaired) electrons. The molecule has 100 valence electrons. The van der Waals surface area contributed by atoms with Gasteiger partial charge in [0.25, 0.3) is 0 Å². The number of pyridine rings is 1. The highest BCUT2D eigenvalue weighted by atomic mass is 15.2. The molecule has 1 N–H and O–H groups in total. The smallest absolute Gasteiger partial charge is 0.0543 e. The van der Waals surface area contributed by atoms with Crippen LogP contribution in [0.15, 0.2) is 24.4 Å². The van der Waals surface area contributed by atoms with Gasteiger partial charge in [-0.25, -0.2) is 0 Å². The van der Waals surface area contributed by atoms with Gasteiger partial charge >= 0.3 is 0 Å². The van der Waals surface area contributed by atoms with Crippen LogP contribution >= 0.6 is 0 Å². The van der Waals surface area contributed by atoms with Crippen molar-refractivity contribution in [1.29, 1.82) is 0 Å². The van der Waals surface area contributed by atoms with Crippen LogP contribution in [0.1, 0.15) is 37.8 Å². The van der Waals surface area contributed by atoms with Crippen LogP contribution in [0, 0.1) is 0 Å². The van der Waals surface area contributed by atoms with Gasteiger partial charge in [0.15, 0.2) is 0 Å². The third kappa shape index (κ3) is 3.53. The van der Waals surface area contributed by atoms with E-state index in [4.69, 9.17) is 0 Å². The average molecular weight is 247 g/mol. The number of nitrogens with one attached hydrogen (secondary N) is 1. The second kappa shape index (κ2) is 6.86. The minimum Gasteiger partial charge on any atom is -0.315 e. The molecule has 1 aromatic rings. The summed E-state index contributed by atoms with van der Waals surface area (Å²) in [7, 11) is 4.33. The van der Waals surface area contributed by atoms with Crippen LogP contribution < -0.4 is 5.32 Å². The van der Waals surface area contributed by atoms with Gasteiger partial charge in [-0.15, -0.1) is 0 Å². The molecule has 0 aromatic carbocycles. The molecule has 1 fully saturated rings. The molecule has 1 aromatic heterocycles. The molecule has 2 atom stereocenters. The van der Waals surface area contributed by atoms with Crippen LogP contribution in [-0.4, -0.2) is 36.1 Å². The molecule has 2 rings (SSSR count). The highest BCUT2D eigenvalue weighted by molar-refractivity contribution is 5.03. The minimum atomic E-state index is 0.626. The van der Waals surface area contributed by atoms with Crippen molar-refractivity contribution in [3.05, 3.63) is 30.1 Å². The molecule has 1 saturated carbocycles. The lowest BCUT2D eigenvalue weighted by molar-refractivity contribution is 0.177. The van der Waals surface area contributed by atoms with Gasteiger partial charge in [0.2, 0.25) is 0 Å². The second-order valence-corrected chi connectivity index (χ2v) is 5.34. The molecular formula is C15H25N3. The second-order valence-electron chi connectivity index (χ2n) is 5.34. The van der Waals surface area contributed by atoms with Crippen LogP contribution in [0.3, 0.4) is 0 Å². The molecule has 0 aliphatic heterocycles. The molecule has 0 amide bonds. The van der Waals surface area contributed by atoms with Crippen LogP contribution in [0.25, 0.3) is 0 Å². The van der Waals surface area contributed by atoms with E-state index in [9.17, 15) is 0 Å². The Morgan fingerprint density at radius 2 is 2.11 bits per heavy atom. The summed E-state index contributed by atoms with van der Waals surface area (Å²) in [4.78, 5) is 6.89. The maximum absolute atomic E-state index is 4.43. The van der Waals surface area contributed by atoms with E-state index < -0.39 is 0 Å². The standard InChI is InChI=1S/C15H25N3/c1-16-14-9-4-3-5-10-15(14)18(2)12-13-8-6-7-11-17-13/h6-8,11,14-16H,3-5,9-10,12H2,1-2H3. The fourth-order valence-corrected chi connectivity index (χ4v) is 3.02. The van der Waals surface area contributed by atoms with E-state index in [1.54, 1.807) is 0 Å². The van der Waals surface area contributed by atoms with Crippen LogP contribution in [0.4, 0.5) is 0 Å². The molecule has 0 spiro atoms. The fourth-order valence-electron chi connectivity index (χ4n) is 3.02. The molecule has 2 unspecified atom stereocenters. The Labute approximate surface area is 111 Å². The zero-order valence-electron chi connectivity index (χ0n) is 11.6. The van der Waals surface area contributed by atoms with Crippen molar-refractivity contribution < 1.29 is 0 Å². The largest absolute Gasteiger partial charge is 0.315 e. The number of nitrogens with zero attached hydrogens (tertiary/aromatic N) is 2. The Morgan fingerprint density at radius 1 is 1.28 bits per heavy atom. The summed E-state index contributed by atoms with van der Waals surface area (Å²) in [6.07, 6.45) is 8.58. The van der Waals surface area contributed by atoms with E-state index in [1.807, 2.05) is 12.3 Å². The summed E-state index contributed by atoms with van der Waals surface area (Å²) in [6, 6.07) is 7.42. The van der Waals surface area contributed by atoms with Gasteiger partial charge in [0.05, 0.1) is 5.69 Å². The summed E-state index contributed by atoms with van der Waals surface area (Å²) in [5.74, 6) is 0. The van der Waals surface area contributed by atoms with E-state index in [0.717, 1.165) is 6.54 Å². The Kier molecular flexibility index (Phi) is 5.14. The first-order valence-electron chi connectivity index (χ1n) is 7.08. The average Bonchev–Trinajstić information content (AvgIpc) is 2.64. The summed E-state index contributed by atoms with van der Waals surface area (Å²) in [5, 5.41) is 3.50. The van der Waals surface area contributed by atoms with Gasteiger partial charge in [0.1, 0.15) is 0 Å². The van der Waals surface area contributed by atoms with Crippen molar-refractivity contribution in [3.8, 4) is 0 Å². The first-order chi connectivity index (χ1) is 8.81. The fraction of sp³-hybridized carbons (Fsp3) is 0.667. The SMILES string of the molecule is CNC1CCCCCC1N(C)Cc1ccccn1. The van der Waals surface area contributed by atoms with Crippen LogP contribution in [0.2, 0.25) is 0 Å². The number of hydrogen-bond acceptors (Lipinski definition) is 3. The predicted octanol–water partition coefficient (Wildman–Crippen LogP) is 2.43. The Morgan fingerprint density at radius 3 is 2.83 bits per heavy atom. The quantitative estimate of drug-likeness (QED) is 0.828. The highest BCUT2D eigenvalue weighted by Gasteiger charge is 2.25. The lowest BCUT2D eigenvalue weighted by atomic mass is 10.0. The van der Waals surface area contributed by atoms with Crippen molar-refractivity contribution in [1.82, 2.24) is 15.2 Å². The number of likely N-dealkylation sites (N-methyl/N-ethyl adjacent to an activating group) is 2. The molecule has 18 heavy (non-hydrogen) atoms. The zero-order chi connectivity index (χ0) is 12.8. The summed E-state index contributed by atoms with van der Waals surface area (Å²) >= 11 is 0. The maximum atomic E-state index is 4.43. The summed E-state index contributed by atoms with van der Waals surface area (Å²) < 4.78 is 0. The lowest BCUT2D eigenvalue weighted by Gasteiger charge is -2.33. The van der Waals surface area contributed by atoms with Gasteiger partial charge in [0, 0.05) is 24.8 Å². The first kappa shape index (κ1) is 13.5. The van der Waals surface area contributed by atoms with Gasteiger partial charge in [-0.1, -0.05) is 25.3 Å². The molecule has 1 heterocycles. The van der Waals surface area contributed by atoms with E-state index in [-0.39, 0.29) is 0 Å². The molecule has 1 aliphatic carbocycles. The normalized spacial score (nSPS) is 25.1. The maximum Gasteiger partial charge on any atom is 0.0543 e. The molecule has 3 nitrogen and oxygen atoms in total. The summed E-state index contributed by atoms with van der Waals surface area (Å²) in [5.41, 5.74) is 1.17. The zero-order valence-corrected chi connectivity index (χ0v) is 11.6. The van der Waals surface area contributed by atoms with Gasteiger partial charge in [-0.2, -0.15) is 0 Å². The van der Waals surface area contributed by atoms with Crippen LogP contribution in [-0.2, 0) is 6.54 Å². The highest BCUT2D eigenvalue weighted by Crippen LogP contribution is 2.22. The molecule has 1 aliphatic rings. The minimum absolute atomic E-state index is 0.626. The Balaban J connectivity index is 1.99.